The maximum absolute atomic E-state index is 5.03. The van der Waals surface area contributed by atoms with Crippen LogP contribution < -0.4 is 4.74 Å². The van der Waals surface area contributed by atoms with E-state index in [1.807, 2.05) is 19.1 Å². The Labute approximate surface area is 93.1 Å². The Morgan fingerprint density at radius 1 is 1.50 bits per heavy atom. The highest BCUT2D eigenvalue weighted by Crippen LogP contribution is 2.13. The molecule has 0 radical (unpaired) electrons. The Bertz CT molecular complexity index is 323. The lowest BCUT2D eigenvalue weighted by Crippen LogP contribution is -1.91. The molecule has 0 saturated carbocycles. The first-order valence-corrected chi connectivity index (χ1v) is 5.64. The molecule has 76 valence electrons. The van der Waals surface area contributed by atoms with Crippen LogP contribution in [0.25, 0.3) is 6.08 Å². The Morgan fingerprint density at radius 3 is 2.86 bits per heavy atom. The number of allylic oxidation sites excluding steroid dienone is 1. The van der Waals surface area contributed by atoms with Crippen molar-refractivity contribution in [1.29, 1.82) is 0 Å². The quantitative estimate of drug-likeness (QED) is 0.772. The normalized spacial score (nSPS) is 10.8. The number of alkyl halides is 1. The van der Waals surface area contributed by atoms with E-state index in [0.29, 0.717) is 5.88 Å². The van der Waals surface area contributed by atoms with Crippen LogP contribution in [0.3, 0.4) is 0 Å². The summed E-state index contributed by atoms with van der Waals surface area (Å²) in [6.07, 6.45) is 5.25. The third kappa shape index (κ3) is 3.14. The lowest BCUT2D eigenvalue weighted by Gasteiger charge is -2.02. The number of aromatic nitrogens is 1. The van der Waals surface area contributed by atoms with Gasteiger partial charge in [0.1, 0.15) is 0 Å². The number of hydrogen-bond acceptors (Lipinski definition) is 2. The second-order valence-electron chi connectivity index (χ2n) is 2.91. The molecular weight excluding hydrogens is 242 g/mol. The van der Waals surface area contributed by atoms with Gasteiger partial charge in [0, 0.05) is 17.1 Å². The molecule has 0 aromatic carbocycles. The fourth-order valence-corrected chi connectivity index (χ4v) is 1.38. The lowest BCUT2D eigenvalue weighted by atomic mass is 10.2. The molecule has 2 nitrogen and oxygen atoms in total. The van der Waals surface area contributed by atoms with Gasteiger partial charge in [-0.05, 0) is 25.0 Å². The van der Waals surface area contributed by atoms with Gasteiger partial charge in [-0.3, -0.25) is 0 Å². The van der Waals surface area contributed by atoms with E-state index < -0.39 is 0 Å². The summed E-state index contributed by atoms with van der Waals surface area (Å²) in [6.45, 7) is 1.98. The third-order valence-electron chi connectivity index (χ3n) is 1.88. The zero-order chi connectivity index (χ0) is 10.4. The second-order valence-corrected chi connectivity index (χ2v) is 3.70. The highest BCUT2D eigenvalue weighted by molar-refractivity contribution is 9.09. The van der Waals surface area contributed by atoms with Gasteiger partial charge in [0.05, 0.1) is 7.11 Å². The Kier molecular flexibility index (Phi) is 4.66. The van der Waals surface area contributed by atoms with Crippen LogP contribution in [0.1, 0.15) is 17.7 Å². The van der Waals surface area contributed by atoms with E-state index >= 15 is 0 Å². The van der Waals surface area contributed by atoms with Crippen molar-refractivity contribution in [2.45, 2.75) is 13.3 Å². The molecule has 0 saturated heterocycles. The van der Waals surface area contributed by atoms with Crippen molar-refractivity contribution in [3.63, 3.8) is 0 Å². The first kappa shape index (κ1) is 11.2. The summed E-state index contributed by atoms with van der Waals surface area (Å²) in [4.78, 5) is 4.29. The molecule has 0 amide bonds. The number of methoxy groups -OCH3 is 1. The van der Waals surface area contributed by atoms with Crippen LogP contribution in [0.5, 0.6) is 5.88 Å². The van der Waals surface area contributed by atoms with E-state index in [4.69, 9.17) is 4.74 Å². The summed E-state index contributed by atoms with van der Waals surface area (Å²) < 4.78 is 5.03. The number of aryl methyl sites for hydroxylation is 1. The van der Waals surface area contributed by atoms with Crippen LogP contribution >= 0.6 is 15.9 Å². The predicted octanol–water partition coefficient (Wildman–Crippen LogP) is 3.20. The minimum absolute atomic E-state index is 0.667. The van der Waals surface area contributed by atoms with Crippen LogP contribution in [-0.4, -0.2) is 17.4 Å². The minimum Gasteiger partial charge on any atom is -0.481 e. The van der Waals surface area contributed by atoms with Gasteiger partial charge in [-0.1, -0.05) is 28.1 Å². The van der Waals surface area contributed by atoms with Crippen LogP contribution in [-0.2, 0) is 0 Å². The minimum atomic E-state index is 0.667. The molecule has 1 aromatic heterocycles. The first-order chi connectivity index (χ1) is 6.77. The van der Waals surface area contributed by atoms with Crippen molar-refractivity contribution in [2.75, 3.05) is 12.4 Å². The van der Waals surface area contributed by atoms with Gasteiger partial charge >= 0.3 is 0 Å². The number of halogens is 1. The predicted molar refractivity (Wildman–Crippen MR) is 63.0 cm³/mol. The molecule has 1 heterocycles. The van der Waals surface area contributed by atoms with E-state index in [-0.39, 0.29) is 0 Å². The van der Waals surface area contributed by atoms with E-state index in [1.54, 1.807) is 7.11 Å². The highest BCUT2D eigenvalue weighted by atomic mass is 79.9. The molecule has 14 heavy (non-hydrogen) atoms. The van der Waals surface area contributed by atoms with Crippen molar-refractivity contribution in [2.24, 2.45) is 0 Å². The molecule has 0 spiro atoms. The van der Waals surface area contributed by atoms with Crippen LogP contribution in [0.2, 0.25) is 0 Å². The maximum atomic E-state index is 5.03. The van der Waals surface area contributed by atoms with Crippen LogP contribution in [0, 0.1) is 6.92 Å². The number of pyridine rings is 1. The third-order valence-corrected chi connectivity index (χ3v) is 2.34. The molecule has 1 aromatic rings. The average Bonchev–Trinajstić information content (AvgIpc) is 2.20. The number of nitrogens with zero attached hydrogens (tertiary/aromatic N) is 1. The summed E-state index contributed by atoms with van der Waals surface area (Å²) in [7, 11) is 1.63. The van der Waals surface area contributed by atoms with Gasteiger partial charge in [0.2, 0.25) is 5.88 Å². The number of ether oxygens (including phenoxy) is 1. The number of rotatable bonds is 4. The standard InChI is InChI=1S/C11H14BrNO/c1-9-10(5-3-4-8-12)6-7-11(13-9)14-2/h3,5-7H,4,8H2,1-2H3. The second kappa shape index (κ2) is 5.81. The fourth-order valence-electron chi connectivity index (χ4n) is 1.11. The molecule has 0 unspecified atom stereocenters. The maximum Gasteiger partial charge on any atom is 0.213 e. The molecule has 0 fully saturated rings. The Hall–Kier alpha value is -0.830. The molecule has 0 N–H and O–H groups in total. The van der Waals surface area contributed by atoms with Gasteiger partial charge in [-0.15, -0.1) is 0 Å². The van der Waals surface area contributed by atoms with E-state index in [0.717, 1.165) is 23.0 Å². The molecule has 1 rings (SSSR count). The molecular formula is C11H14BrNO. The summed E-state index contributed by atoms with van der Waals surface area (Å²) in [6, 6.07) is 3.90. The smallest absolute Gasteiger partial charge is 0.213 e. The molecule has 0 aliphatic carbocycles. The van der Waals surface area contributed by atoms with E-state index in [9.17, 15) is 0 Å². The number of hydrogen-bond donors (Lipinski definition) is 0. The van der Waals surface area contributed by atoms with Gasteiger partial charge in [0.25, 0.3) is 0 Å². The van der Waals surface area contributed by atoms with Gasteiger partial charge in [0.15, 0.2) is 0 Å². The Balaban J connectivity index is 2.78. The monoisotopic (exact) mass is 255 g/mol. The topological polar surface area (TPSA) is 22.1 Å². The molecule has 0 aliphatic heterocycles. The highest BCUT2D eigenvalue weighted by Gasteiger charge is 1.97. The first-order valence-electron chi connectivity index (χ1n) is 4.52. The molecule has 0 bridgehead atoms. The summed E-state index contributed by atoms with van der Waals surface area (Å²) in [5.74, 6) is 0.667. The molecule has 3 heteroatoms. The van der Waals surface area contributed by atoms with Crippen molar-refractivity contribution in [3.8, 4) is 5.88 Å². The van der Waals surface area contributed by atoms with E-state index in [2.05, 4.69) is 33.1 Å². The SMILES string of the molecule is COc1ccc(C=CCCBr)c(C)n1. The van der Waals surface area contributed by atoms with Gasteiger partial charge < -0.3 is 4.74 Å². The van der Waals surface area contributed by atoms with Crippen molar-refractivity contribution in [3.05, 3.63) is 29.5 Å². The van der Waals surface area contributed by atoms with Gasteiger partial charge in [-0.2, -0.15) is 0 Å². The van der Waals surface area contributed by atoms with E-state index in [1.165, 1.54) is 0 Å². The molecule has 0 aliphatic rings. The molecule has 0 atom stereocenters. The van der Waals surface area contributed by atoms with Gasteiger partial charge in [-0.25, -0.2) is 4.98 Å². The summed E-state index contributed by atoms with van der Waals surface area (Å²) in [5.41, 5.74) is 2.14. The fraction of sp³-hybridized carbons (Fsp3) is 0.364. The summed E-state index contributed by atoms with van der Waals surface area (Å²) >= 11 is 3.38. The van der Waals surface area contributed by atoms with Crippen LogP contribution in [0.4, 0.5) is 0 Å². The van der Waals surface area contributed by atoms with Crippen molar-refractivity contribution < 1.29 is 4.74 Å². The van der Waals surface area contributed by atoms with Crippen molar-refractivity contribution >= 4 is 22.0 Å². The lowest BCUT2D eigenvalue weighted by molar-refractivity contribution is 0.397. The van der Waals surface area contributed by atoms with Crippen molar-refractivity contribution in [1.82, 2.24) is 4.98 Å². The van der Waals surface area contributed by atoms with Crippen LogP contribution in [0.15, 0.2) is 18.2 Å². The zero-order valence-electron chi connectivity index (χ0n) is 8.46. The zero-order valence-corrected chi connectivity index (χ0v) is 10.0. The largest absolute Gasteiger partial charge is 0.481 e. The summed E-state index contributed by atoms with van der Waals surface area (Å²) in [5, 5.41) is 0.992. The average molecular weight is 256 g/mol. The Morgan fingerprint density at radius 2 is 2.29 bits per heavy atom.